The highest BCUT2D eigenvalue weighted by molar-refractivity contribution is 5.83. The van der Waals surface area contributed by atoms with Crippen LogP contribution in [0, 0.1) is 22.7 Å². The summed E-state index contributed by atoms with van der Waals surface area (Å²) in [4.78, 5) is 0. The van der Waals surface area contributed by atoms with Crippen LogP contribution >= 0.6 is 0 Å². The van der Waals surface area contributed by atoms with Crippen molar-refractivity contribution in [2.75, 3.05) is 0 Å². The number of hydrogen-bond acceptors (Lipinski definition) is 2. The highest BCUT2D eigenvalue weighted by Gasteiger charge is 2.12. The van der Waals surface area contributed by atoms with Gasteiger partial charge in [-0.1, -0.05) is 140 Å². The summed E-state index contributed by atoms with van der Waals surface area (Å²) >= 11 is 0. The average Bonchev–Trinajstić information content (AvgIpc) is 3.15. The highest BCUT2D eigenvalue weighted by Crippen LogP contribution is 2.35. The molecule has 0 N–H and O–H groups in total. The third-order valence-corrected chi connectivity index (χ3v) is 8.37. The number of nitrogens with zero attached hydrogens (tertiary/aromatic N) is 2. The first-order chi connectivity index (χ1) is 22.7. The zero-order valence-corrected chi connectivity index (χ0v) is 25.1. The molecule has 0 radical (unpaired) electrons. The van der Waals surface area contributed by atoms with Crippen LogP contribution in [0.1, 0.15) is 11.1 Å². The molecule has 0 saturated heterocycles. The average molecular weight is 585 g/mol. The molecule has 2 heteroatoms. The minimum atomic E-state index is 0.651. The maximum Gasteiger partial charge on any atom is 0.0998 e. The van der Waals surface area contributed by atoms with E-state index in [0.29, 0.717) is 11.1 Å². The van der Waals surface area contributed by atoms with Crippen LogP contribution in [0.5, 0.6) is 0 Å². The van der Waals surface area contributed by atoms with Crippen molar-refractivity contribution in [1.29, 1.82) is 10.5 Å². The second-order valence-corrected chi connectivity index (χ2v) is 11.2. The largest absolute Gasteiger partial charge is 0.192 e. The third kappa shape index (κ3) is 5.72. The quantitative estimate of drug-likeness (QED) is 0.195. The van der Waals surface area contributed by atoms with Gasteiger partial charge in [0.1, 0.15) is 0 Å². The van der Waals surface area contributed by atoms with Gasteiger partial charge in [-0.25, -0.2) is 0 Å². The second kappa shape index (κ2) is 12.6. The molecule has 7 rings (SSSR count). The van der Waals surface area contributed by atoms with Crippen LogP contribution in [-0.4, -0.2) is 0 Å². The van der Waals surface area contributed by atoms with E-state index >= 15 is 0 Å². The van der Waals surface area contributed by atoms with E-state index in [-0.39, 0.29) is 0 Å². The molecule has 0 aromatic heterocycles. The van der Waals surface area contributed by atoms with Gasteiger partial charge >= 0.3 is 0 Å². The number of hydrogen-bond donors (Lipinski definition) is 0. The molecule has 0 atom stereocenters. The highest BCUT2D eigenvalue weighted by atomic mass is 14.3. The standard InChI is InChI=1S/C44H28N2/c45-29-41-27-37(31-10-3-1-4-11-31)20-22-43(41)39-18-8-16-35(25-39)33-14-7-15-34(24-33)36-17-9-19-40(26-36)44-23-21-38(28-42(44)30-46)32-12-5-2-6-13-32/h1-28H. The number of benzene rings is 7. The number of nitriles is 2. The summed E-state index contributed by atoms with van der Waals surface area (Å²) in [6.45, 7) is 0. The van der Waals surface area contributed by atoms with E-state index in [0.717, 1.165) is 66.8 Å². The van der Waals surface area contributed by atoms with Gasteiger partial charge < -0.3 is 0 Å². The first kappa shape index (κ1) is 28.3. The van der Waals surface area contributed by atoms with E-state index < -0.39 is 0 Å². The van der Waals surface area contributed by atoms with Crippen molar-refractivity contribution >= 4 is 0 Å². The Morgan fingerprint density at radius 3 is 0.935 bits per heavy atom. The monoisotopic (exact) mass is 584 g/mol. The zero-order chi connectivity index (χ0) is 31.3. The van der Waals surface area contributed by atoms with Gasteiger partial charge in [0.25, 0.3) is 0 Å². The van der Waals surface area contributed by atoms with Crippen LogP contribution in [0.3, 0.4) is 0 Å². The maximum absolute atomic E-state index is 10.0. The van der Waals surface area contributed by atoms with Gasteiger partial charge in [-0.15, -0.1) is 0 Å². The van der Waals surface area contributed by atoms with Gasteiger partial charge in [0.05, 0.1) is 23.3 Å². The molecule has 0 spiro atoms. The Balaban J connectivity index is 1.20. The molecule has 0 bridgehead atoms. The lowest BCUT2D eigenvalue weighted by Gasteiger charge is -2.12. The topological polar surface area (TPSA) is 47.6 Å². The first-order valence-electron chi connectivity index (χ1n) is 15.2. The van der Waals surface area contributed by atoms with Crippen molar-refractivity contribution in [3.8, 4) is 78.9 Å². The molecular weight excluding hydrogens is 556 g/mol. The Labute approximate surface area is 269 Å². The van der Waals surface area contributed by atoms with E-state index in [1.54, 1.807) is 0 Å². The molecule has 0 saturated carbocycles. The fourth-order valence-electron chi connectivity index (χ4n) is 6.01. The maximum atomic E-state index is 10.0. The molecule has 0 amide bonds. The van der Waals surface area contributed by atoms with Gasteiger partial charge in [-0.3, -0.25) is 0 Å². The second-order valence-electron chi connectivity index (χ2n) is 11.2. The molecule has 0 aliphatic rings. The Hall–Kier alpha value is -6.48. The molecule has 0 aliphatic heterocycles. The van der Waals surface area contributed by atoms with Crippen molar-refractivity contribution in [3.63, 3.8) is 0 Å². The van der Waals surface area contributed by atoms with Crippen LogP contribution in [0.15, 0.2) is 170 Å². The van der Waals surface area contributed by atoms with Crippen molar-refractivity contribution in [2.24, 2.45) is 0 Å². The van der Waals surface area contributed by atoms with Crippen LogP contribution < -0.4 is 0 Å². The van der Waals surface area contributed by atoms with Crippen molar-refractivity contribution in [1.82, 2.24) is 0 Å². The molecule has 46 heavy (non-hydrogen) atoms. The van der Waals surface area contributed by atoms with Gasteiger partial charge in [0.15, 0.2) is 0 Å². The third-order valence-electron chi connectivity index (χ3n) is 8.37. The van der Waals surface area contributed by atoms with Gasteiger partial charge in [-0.05, 0) is 97.1 Å². The predicted molar refractivity (Wildman–Crippen MR) is 188 cm³/mol. The van der Waals surface area contributed by atoms with Gasteiger partial charge in [0, 0.05) is 0 Å². The van der Waals surface area contributed by atoms with Crippen molar-refractivity contribution < 1.29 is 0 Å². The molecule has 2 nitrogen and oxygen atoms in total. The van der Waals surface area contributed by atoms with Crippen LogP contribution in [0.2, 0.25) is 0 Å². The summed E-state index contributed by atoms with van der Waals surface area (Å²) in [6.07, 6.45) is 0. The smallest absolute Gasteiger partial charge is 0.0998 e. The Morgan fingerprint density at radius 2 is 0.565 bits per heavy atom. The van der Waals surface area contributed by atoms with Gasteiger partial charge in [-0.2, -0.15) is 10.5 Å². The summed E-state index contributed by atoms with van der Waals surface area (Å²) in [5, 5.41) is 20.1. The van der Waals surface area contributed by atoms with Crippen molar-refractivity contribution in [2.45, 2.75) is 0 Å². The Kier molecular flexibility index (Phi) is 7.77. The summed E-state index contributed by atoms with van der Waals surface area (Å²) in [7, 11) is 0. The molecule has 7 aromatic rings. The summed E-state index contributed by atoms with van der Waals surface area (Å²) < 4.78 is 0. The lowest BCUT2D eigenvalue weighted by Crippen LogP contribution is -1.89. The summed E-state index contributed by atoms with van der Waals surface area (Å²) in [5.74, 6) is 0. The van der Waals surface area contributed by atoms with E-state index in [1.165, 1.54) is 0 Å². The normalized spacial score (nSPS) is 10.6. The van der Waals surface area contributed by atoms with E-state index in [4.69, 9.17) is 0 Å². The fraction of sp³-hybridized carbons (Fsp3) is 0. The predicted octanol–water partition coefficient (Wildman–Crippen LogP) is 11.4. The summed E-state index contributed by atoms with van der Waals surface area (Å²) in [6, 6.07) is 62.5. The van der Waals surface area contributed by atoms with E-state index in [1.807, 2.05) is 72.8 Å². The molecule has 214 valence electrons. The molecule has 0 aliphatic carbocycles. The minimum Gasteiger partial charge on any atom is -0.192 e. The van der Waals surface area contributed by atoms with E-state index in [9.17, 15) is 10.5 Å². The first-order valence-corrected chi connectivity index (χ1v) is 15.2. The SMILES string of the molecule is N#Cc1cc(-c2ccccc2)ccc1-c1cccc(-c2cccc(-c3cccc(-c4ccc(-c5ccccc5)cc4C#N)c3)c2)c1. The zero-order valence-electron chi connectivity index (χ0n) is 25.1. The molecule has 0 unspecified atom stereocenters. The lowest BCUT2D eigenvalue weighted by molar-refractivity contribution is 1.47. The fourth-order valence-corrected chi connectivity index (χ4v) is 6.01. The van der Waals surface area contributed by atoms with Crippen molar-refractivity contribution in [3.05, 3.63) is 181 Å². The van der Waals surface area contributed by atoms with Gasteiger partial charge in [0.2, 0.25) is 0 Å². The van der Waals surface area contributed by atoms with Crippen LogP contribution in [-0.2, 0) is 0 Å². The molecule has 0 fully saturated rings. The van der Waals surface area contributed by atoms with Crippen LogP contribution in [0.25, 0.3) is 66.8 Å². The molecular formula is C44H28N2. The molecule has 0 heterocycles. The van der Waals surface area contributed by atoms with E-state index in [2.05, 4.69) is 109 Å². The number of rotatable bonds is 6. The lowest BCUT2D eigenvalue weighted by atomic mass is 9.91. The van der Waals surface area contributed by atoms with Crippen LogP contribution in [0.4, 0.5) is 0 Å². The summed E-state index contributed by atoms with van der Waals surface area (Å²) in [5.41, 5.74) is 13.7. The minimum absolute atomic E-state index is 0.651. The molecule has 7 aromatic carbocycles. The Morgan fingerprint density at radius 1 is 0.261 bits per heavy atom. The Bertz CT molecular complexity index is 2110.